The van der Waals surface area contributed by atoms with E-state index in [0.717, 1.165) is 19.2 Å². The lowest BCUT2D eigenvalue weighted by Gasteiger charge is -2.32. The summed E-state index contributed by atoms with van der Waals surface area (Å²) in [6.07, 6.45) is -5.39. The monoisotopic (exact) mass is 414 g/mol. The Bertz CT molecular complexity index is 855. The fourth-order valence-corrected chi connectivity index (χ4v) is 2.99. The average Bonchev–Trinajstić information content (AvgIpc) is 2.65. The standard InChI is InChI=1S/C18H22F4N6O/c1-3-13(29-14-10-11(19)4-5-12(14)18(20,21)22)15-24-16(23)26-17(25-15)28-8-6-27(2)7-9-28/h4-5,10,13H,3,6-9H2,1-2H3,(H2,23,24,25,26). The normalized spacial score (nSPS) is 16.7. The van der Waals surface area contributed by atoms with Crippen molar-refractivity contribution in [1.29, 1.82) is 0 Å². The van der Waals surface area contributed by atoms with Crippen molar-refractivity contribution in [2.75, 3.05) is 43.9 Å². The van der Waals surface area contributed by atoms with Gasteiger partial charge in [0.2, 0.25) is 11.9 Å². The maximum Gasteiger partial charge on any atom is 0.419 e. The molecule has 0 radical (unpaired) electrons. The van der Waals surface area contributed by atoms with Crippen molar-refractivity contribution in [1.82, 2.24) is 19.9 Å². The Balaban J connectivity index is 1.90. The number of nitrogens with two attached hydrogens (primary N) is 1. The number of hydrogen-bond donors (Lipinski definition) is 1. The molecule has 1 saturated heterocycles. The molecular formula is C18H22F4N6O. The van der Waals surface area contributed by atoms with Crippen LogP contribution < -0.4 is 15.4 Å². The number of nitrogens with zero attached hydrogens (tertiary/aromatic N) is 5. The zero-order chi connectivity index (χ0) is 21.2. The molecule has 0 aliphatic carbocycles. The molecule has 1 aliphatic rings. The molecule has 1 aromatic carbocycles. The third kappa shape index (κ3) is 5.03. The summed E-state index contributed by atoms with van der Waals surface area (Å²) >= 11 is 0. The summed E-state index contributed by atoms with van der Waals surface area (Å²) in [5.41, 5.74) is 4.74. The molecule has 3 rings (SSSR count). The molecule has 1 aromatic heterocycles. The van der Waals surface area contributed by atoms with Gasteiger partial charge in [-0.3, -0.25) is 0 Å². The molecule has 29 heavy (non-hydrogen) atoms. The summed E-state index contributed by atoms with van der Waals surface area (Å²) in [6, 6.07) is 2.09. The van der Waals surface area contributed by atoms with Crippen molar-refractivity contribution in [3.63, 3.8) is 0 Å². The second-order valence-electron chi connectivity index (χ2n) is 6.80. The number of anilines is 2. The van der Waals surface area contributed by atoms with E-state index in [2.05, 4.69) is 19.9 Å². The predicted octanol–water partition coefficient (Wildman–Crippen LogP) is 2.89. The number of halogens is 4. The smallest absolute Gasteiger partial charge is 0.419 e. The van der Waals surface area contributed by atoms with Crippen LogP contribution >= 0.6 is 0 Å². The molecule has 0 bridgehead atoms. The highest BCUT2D eigenvalue weighted by Crippen LogP contribution is 2.38. The molecule has 2 N–H and O–H groups in total. The van der Waals surface area contributed by atoms with E-state index in [1.807, 2.05) is 11.9 Å². The lowest BCUT2D eigenvalue weighted by atomic mass is 10.1. The van der Waals surface area contributed by atoms with Gasteiger partial charge in [0.15, 0.2) is 11.9 Å². The number of hydrogen-bond acceptors (Lipinski definition) is 7. The van der Waals surface area contributed by atoms with Crippen LogP contribution in [-0.2, 0) is 6.18 Å². The van der Waals surface area contributed by atoms with E-state index in [1.165, 1.54) is 0 Å². The highest BCUT2D eigenvalue weighted by Gasteiger charge is 2.35. The van der Waals surface area contributed by atoms with Gasteiger partial charge in [0.05, 0.1) is 5.56 Å². The Hall–Kier alpha value is -2.69. The highest BCUT2D eigenvalue weighted by molar-refractivity contribution is 5.38. The number of piperazine rings is 1. The number of rotatable bonds is 5. The van der Waals surface area contributed by atoms with Gasteiger partial charge in [-0.2, -0.15) is 28.1 Å². The zero-order valence-electron chi connectivity index (χ0n) is 16.1. The largest absolute Gasteiger partial charge is 0.482 e. The van der Waals surface area contributed by atoms with Crippen LogP contribution in [0, 0.1) is 5.82 Å². The summed E-state index contributed by atoms with van der Waals surface area (Å²) in [4.78, 5) is 16.6. The minimum absolute atomic E-state index is 0.0544. The Kier molecular flexibility index (Phi) is 6.06. The van der Waals surface area contributed by atoms with Crippen molar-refractivity contribution >= 4 is 11.9 Å². The van der Waals surface area contributed by atoms with Crippen LogP contribution in [0.4, 0.5) is 29.5 Å². The van der Waals surface area contributed by atoms with Gasteiger partial charge in [-0.25, -0.2) is 4.39 Å². The lowest BCUT2D eigenvalue weighted by molar-refractivity contribution is -0.139. The first-order valence-corrected chi connectivity index (χ1v) is 9.15. The summed E-state index contributed by atoms with van der Waals surface area (Å²) < 4.78 is 58.9. The van der Waals surface area contributed by atoms with Crippen LogP contribution in [0.3, 0.4) is 0 Å². The minimum atomic E-state index is -4.69. The van der Waals surface area contributed by atoms with Crippen LogP contribution in [0.1, 0.15) is 30.8 Å². The van der Waals surface area contributed by atoms with E-state index in [9.17, 15) is 17.6 Å². The second kappa shape index (κ2) is 8.36. The van der Waals surface area contributed by atoms with E-state index < -0.39 is 29.4 Å². The molecule has 2 aromatic rings. The second-order valence-corrected chi connectivity index (χ2v) is 6.80. The SMILES string of the molecule is CCC(Oc1cc(F)ccc1C(F)(F)F)c1nc(N)nc(N2CCN(C)CC2)n1. The highest BCUT2D eigenvalue weighted by atomic mass is 19.4. The summed E-state index contributed by atoms with van der Waals surface area (Å²) in [5, 5.41) is 0. The molecule has 1 unspecified atom stereocenters. The van der Waals surface area contributed by atoms with E-state index in [0.29, 0.717) is 31.2 Å². The predicted molar refractivity (Wildman–Crippen MR) is 99.0 cm³/mol. The molecule has 1 fully saturated rings. The van der Waals surface area contributed by atoms with Gasteiger partial charge in [-0.05, 0) is 25.6 Å². The molecule has 0 amide bonds. The fraction of sp³-hybridized carbons (Fsp3) is 0.500. The molecule has 2 heterocycles. The van der Waals surface area contributed by atoms with Crippen LogP contribution in [0.25, 0.3) is 0 Å². The lowest BCUT2D eigenvalue weighted by Crippen LogP contribution is -2.45. The van der Waals surface area contributed by atoms with Crippen LogP contribution in [0.15, 0.2) is 18.2 Å². The van der Waals surface area contributed by atoms with E-state index in [4.69, 9.17) is 10.5 Å². The molecule has 1 atom stereocenters. The Morgan fingerprint density at radius 3 is 2.45 bits per heavy atom. The van der Waals surface area contributed by atoms with Gasteiger partial charge in [0.25, 0.3) is 0 Å². The van der Waals surface area contributed by atoms with Gasteiger partial charge in [-0.15, -0.1) is 0 Å². The number of likely N-dealkylation sites (N-methyl/N-ethyl adjacent to an activating group) is 1. The van der Waals surface area contributed by atoms with Crippen LogP contribution in [0.2, 0.25) is 0 Å². The number of benzene rings is 1. The Morgan fingerprint density at radius 1 is 1.14 bits per heavy atom. The summed E-state index contributed by atoms with van der Waals surface area (Å²) in [6.45, 7) is 4.69. The maximum atomic E-state index is 13.6. The number of nitrogen functional groups attached to an aromatic ring is 1. The first-order chi connectivity index (χ1) is 13.7. The number of ether oxygens (including phenoxy) is 1. The first-order valence-electron chi connectivity index (χ1n) is 9.15. The van der Waals surface area contributed by atoms with Crippen molar-refractivity contribution in [3.05, 3.63) is 35.4 Å². The molecule has 11 heteroatoms. The Labute approximate surface area is 165 Å². The molecule has 1 aliphatic heterocycles. The Morgan fingerprint density at radius 2 is 1.83 bits per heavy atom. The molecule has 0 saturated carbocycles. The molecule has 0 spiro atoms. The van der Waals surface area contributed by atoms with Crippen molar-refractivity contribution in [3.8, 4) is 5.75 Å². The van der Waals surface area contributed by atoms with Crippen molar-refractivity contribution < 1.29 is 22.3 Å². The van der Waals surface area contributed by atoms with Crippen LogP contribution in [-0.4, -0.2) is 53.1 Å². The third-order valence-electron chi connectivity index (χ3n) is 4.62. The topological polar surface area (TPSA) is 80.4 Å². The van der Waals surface area contributed by atoms with E-state index >= 15 is 0 Å². The number of alkyl halides is 3. The van der Waals surface area contributed by atoms with Gasteiger partial charge >= 0.3 is 6.18 Å². The van der Waals surface area contributed by atoms with Crippen LogP contribution in [0.5, 0.6) is 5.75 Å². The molecular weight excluding hydrogens is 392 g/mol. The quantitative estimate of drug-likeness (QED) is 0.754. The minimum Gasteiger partial charge on any atom is -0.482 e. The average molecular weight is 414 g/mol. The van der Waals surface area contributed by atoms with Gasteiger partial charge in [0.1, 0.15) is 11.6 Å². The zero-order valence-corrected chi connectivity index (χ0v) is 16.1. The molecule has 158 valence electrons. The van der Waals surface area contributed by atoms with E-state index in [1.54, 1.807) is 6.92 Å². The fourth-order valence-electron chi connectivity index (χ4n) is 2.99. The summed E-state index contributed by atoms with van der Waals surface area (Å²) in [7, 11) is 2.00. The van der Waals surface area contributed by atoms with Crippen molar-refractivity contribution in [2.45, 2.75) is 25.6 Å². The van der Waals surface area contributed by atoms with Crippen molar-refractivity contribution in [2.24, 2.45) is 0 Å². The van der Waals surface area contributed by atoms with Gasteiger partial charge < -0.3 is 20.3 Å². The first kappa shape index (κ1) is 21.0. The summed E-state index contributed by atoms with van der Waals surface area (Å²) in [5.74, 6) is -1.06. The maximum absolute atomic E-state index is 13.6. The van der Waals surface area contributed by atoms with Gasteiger partial charge in [0, 0.05) is 32.2 Å². The molecule has 7 nitrogen and oxygen atoms in total. The van der Waals surface area contributed by atoms with Gasteiger partial charge in [-0.1, -0.05) is 6.92 Å². The third-order valence-corrected chi connectivity index (χ3v) is 4.62. The van der Waals surface area contributed by atoms with E-state index in [-0.39, 0.29) is 18.2 Å². The number of aromatic nitrogens is 3.